The molecule has 3 amide bonds. The predicted molar refractivity (Wildman–Crippen MR) is 123 cm³/mol. The first-order valence-electron chi connectivity index (χ1n) is 11.5. The van der Waals surface area contributed by atoms with Crippen molar-refractivity contribution in [3.63, 3.8) is 0 Å². The Morgan fingerprint density at radius 3 is 2.53 bits per heavy atom. The maximum Gasteiger partial charge on any atom is 0.269 e. The van der Waals surface area contributed by atoms with Gasteiger partial charge in [0.05, 0.1) is 22.4 Å². The van der Waals surface area contributed by atoms with E-state index in [1.807, 2.05) is 26.0 Å². The van der Waals surface area contributed by atoms with Gasteiger partial charge in [-0.15, -0.1) is 0 Å². The number of non-ortho nitro benzene ring substituents is 1. The first-order valence-corrected chi connectivity index (χ1v) is 11.5. The average molecular weight is 460 g/mol. The van der Waals surface area contributed by atoms with Gasteiger partial charge in [0.15, 0.2) is 0 Å². The lowest BCUT2D eigenvalue weighted by Crippen LogP contribution is -2.54. The lowest BCUT2D eigenvalue weighted by molar-refractivity contribution is -0.384. The Morgan fingerprint density at radius 2 is 1.82 bits per heavy atom. The van der Waals surface area contributed by atoms with E-state index in [0.29, 0.717) is 17.8 Å². The van der Waals surface area contributed by atoms with Gasteiger partial charge in [0.1, 0.15) is 5.54 Å². The van der Waals surface area contributed by atoms with Crippen LogP contribution in [0.4, 0.5) is 17.1 Å². The fraction of sp³-hybridized carbons (Fsp3) is 0.400. The number of nitrogens with one attached hydrogen (secondary N) is 1. The SMILES string of the molecule is Cc1cc([N+](=O)[O-])ccc1N1C(=O)[C@@H]2[C@@H]3CCCN3[C@@]3(C(=O)Nc4c3ccc(C)c4C)[C@H]2C1=O. The molecule has 6 rings (SSSR count). The molecule has 0 saturated carbocycles. The Labute approximate surface area is 195 Å². The quantitative estimate of drug-likeness (QED) is 0.419. The van der Waals surface area contributed by atoms with Crippen LogP contribution in [0.25, 0.3) is 0 Å². The van der Waals surface area contributed by atoms with Crippen LogP contribution in [0.2, 0.25) is 0 Å². The van der Waals surface area contributed by atoms with Crippen LogP contribution in [-0.2, 0) is 19.9 Å². The highest BCUT2D eigenvalue weighted by Crippen LogP contribution is 2.61. The molecule has 4 aliphatic rings. The fourth-order valence-corrected chi connectivity index (χ4v) is 6.76. The van der Waals surface area contributed by atoms with E-state index in [2.05, 4.69) is 10.2 Å². The van der Waals surface area contributed by atoms with Crippen LogP contribution in [0.1, 0.15) is 35.1 Å². The van der Waals surface area contributed by atoms with Crippen LogP contribution in [-0.4, -0.2) is 40.1 Å². The maximum atomic E-state index is 14.0. The molecule has 3 saturated heterocycles. The lowest BCUT2D eigenvalue weighted by Gasteiger charge is -2.36. The fourth-order valence-electron chi connectivity index (χ4n) is 6.76. The van der Waals surface area contributed by atoms with E-state index < -0.39 is 28.2 Å². The van der Waals surface area contributed by atoms with E-state index in [-0.39, 0.29) is 23.5 Å². The number of anilines is 2. The predicted octanol–water partition coefficient (Wildman–Crippen LogP) is 2.95. The highest BCUT2D eigenvalue weighted by Gasteiger charge is 2.74. The van der Waals surface area contributed by atoms with E-state index in [1.165, 1.54) is 18.2 Å². The second-order valence-electron chi connectivity index (χ2n) is 9.80. The Hall–Kier alpha value is -3.59. The number of imide groups is 1. The molecule has 4 atom stereocenters. The zero-order chi connectivity index (χ0) is 24.1. The molecule has 9 nitrogen and oxygen atoms in total. The van der Waals surface area contributed by atoms with Crippen molar-refractivity contribution in [2.45, 2.75) is 45.2 Å². The van der Waals surface area contributed by atoms with E-state index in [0.717, 1.165) is 40.1 Å². The minimum absolute atomic E-state index is 0.103. The van der Waals surface area contributed by atoms with Crippen molar-refractivity contribution in [1.29, 1.82) is 0 Å². The van der Waals surface area contributed by atoms with Gasteiger partial charge in [-0.05, 0) is 62.9 Å². The maximum absolute atomic E-state index is 14.0. The van der Waals surface area contributed by atoms with E-state index in [4.69, 9.17) is 0 Å². The highest BCUT2D eigenvalue weighted by molar-refractivity contribution is 6.26. The molecular weight excluding hydrogens is 436 g/mol. The second kappa shape index (κ2) is 6.73. The van der Waals surface area contributed by atoms with Crippen molar-refractivity contribution >= 4 is 34.8 Å². The summed E-state index contributed by atoms with van der Waals surface area (Å²) in [6.45, 7) is 6.23. The number of nitro groups is 1. The van der Waals surface area contributed by atoms with Crippen LogP contribution in [0.5, 0.6) is 0 Å². The van der Waals surface area contributed by atoms with Crippen molar-refractivity contribution in [2.75, 3.05) is 16.8 Å². The van der Waals surface area contributed by atoms with Gasteiger partial charge in [-0.2, -0.15) is 0 Å². The molecule has 34 heavy (non-hydrogen) atoms. The van der Waals surface area contributed by atoms with E-state index >= 15 is 0 Å². The summed E-state index contributed by atoms with van der Waals surface area (Å²) < 4.78 is 0. The molecule has 2 aromatic rings. The van der Waals surface area contributed by atoms with Gasteiger partial charge in [0.25, 0.3) is 5.69 Å². The van der Waals surface area contributed by atoms with Gasteiger partial charge in [-0.25, -0.2) is 4.90 Å². The number of nitrogens with zero attached hydrogens (tertiary/aromatic N) is 3. The molecule has 0 aliphatic carbocycles. The largest absolute Gasteiger partial charge is 0.324 e. The number of hydrogen-bond acceptors (Lipinski definition) is 6. The van der Waals surface area contributed by atoms with E-state index in [1.54, 1.807) is 6.92 Å². The molecule has 174 valence electrons. The number of aryl methyl sites for hydroxylation is 2. The third-order valence-corrected chi connectivity index (χ3v) is 8.33. The topological polar surface area (TPSA) is 113 Å². The van der Waals surface area contributed by atoms with Crippen LogP contribution < -0.4 is 10.2 Å². The molecule has 0 bridgehead atoms. The molecule has 4 heterocycles. The van der Waals surface area contributed by atoms with Gasteiger partial charge in [-0.1, -0.05) is 12.1 Å². The summed E-state index contributed by atoms with van der Waals surface area (Å²) in [5, 5.41) is 14.2. The Bertz CT molecular complexity index is 1340. The third-order valence-electron chi connectivity index (χ3n) is 8.33. The molecule has 1 N–H and O–H groups in total. The second-order valence-corrected chi connectivity index (χ2v) is 9.80. The van der Waals surface area contributed by atoms with Crippen molar-refractivity contribution in [1.82, 2.24) is 4.90 Å². The first kappa shape index (κ1) is 21.0. The molecule has 0 radical (unpaired) electrons. The third kappa shape index (κ3) is 2.30. The van der Waals surface area contributed by atoms with Gasteiger partial charge in [-0.3, -0.25) is 29.4 Å². The number of benzene rings is 2. The monoisotopic (exact) mass is 460 g/mol. The summed E-state index contributed by atoms with van der Waals surface area (Å²) in [6.07, 6.45) is 1.59. The van der Waals surface area contributed by atoms with Gasteiger partial charge in [0, 0.05) is 29.4 Å². The van der Waals surface area contributed by atoms with Gasteiger partial charge < -0.3 is 5.32 Å². The molecule has 0 aromatic heterocycles. The van der Waals surface area contributed by atoms with Crippen molar-refractivity contribution in [3.8, 4) is 0 Å². The number of amides is 3. The standard InChI is InChI=1S/C25H24N4O5/c1-12-6-8-16-21(14(12)3)26-24(32)25(16)20-19(18-5-4-10-27(18)25)22(30)28(23(20)31)17-9-7-15(29(33)34)11-13(17)2/h6-9,11,18-20H,4-5,10H2,1-3H3,(H,26,32)/t18-,19+,20+,25+/m0/s1. The summed E-state index contributed by atoms with van der Waals surface area (Å²) >= 11 is 0. The van der Waals surface area contributed by atoms with Crippen molar-refractivity contribution < 1.29 is 19.3 Å². The van der Waals surface area contributed by atoms with Crippen LogP contribution >= 0.6 is 0 Å². The van der Waals surface area contributed by atoms with Gasteiger partial charge >= 0.3 is 0 Å². The van der Waals surface area contributed by atoms with Crippen molar-refractivity contribution in [3.05, 3.63) is 62.7 Å². The number of rotatable bonds is 2. The Kier molecular flexibility index (Phi) is 4.15. The molecule has 1 spiro atoms. The smallest absolute Gasteiger partial charge is 0.269 e. The number of carbonyl (C=O) groups is 3. The van der Waals surface area contributed by atoms with E-state index in [9.17, 15) is 24.5 Å². The van der Waals surface area contributed by atoms with Crippen LogP contribution in [0, 0.1) is 42.7 Å². The lowest BCUT2D eigenvalue weighted by atomic mass is 9.75. The number of nitro benzene ring substituents is 1. The summed E-state index contributed by atoms with van der Waals surface area (Å²) in [6, 6.07) is 7.81. The summed E-state index contributed by atoms with van der Waals surface area (Å²) in [5.74, 6) is -2.47. The summed E-state index contributed by atoms with van der Waals surface area (Å²) in [5.41, 5.74) is 2.99. The number of hydrogen-bond donors (Lipinski definition) is 1. The molecule has 4 aliphatic heterocycles. The van der Waals surface area contributed by atoms with Gasteiger partial charge in [0.2, 0.25) is 17.7 Å². The summed E-state index contributed by atoms with van der Waals surface area (Å²) in [7, 11) is 0. The normalized spacial score (nSPS) is 29.6. The minimum Gasteiger partial charge on any atom is -0.324 e. The van der Waals surface area contributed by atoms with Crippen LogP contribution in [0.3, 0.4) is 0 Å². The number of carbonyl (C=O) groups excluding carboxylic acids is 3. The average Bonchev–Trinajstić information content (AvgIpc) is 3.50. The molecule has 0 unspecified atom stereocenters. The summed E-state index contributed by atoms with van der Waals surface area (Å²) in [4.78, 5) is 55.5. The molecular formula is C25H24N4O5. The molecule has 9 heteroatoms. The number of fused-ring (bicyclic) bond motifs is 7. The zero-order valence-electron chi connectivity index (χ0n) is 19.1. The van der Waals surface area contributed by atoms with Crippen LogP contribution in [0.15, 0.2) is 30.3 Å². The minimum atomic E-state index is -1.23. The molecule has 3 fully saturated rings. The zero-order valence-corrected chi connectivity index (χ0v) is 19.1. The Morgan fingerprint density at radius 1 is 1.06 bits per heavy atom. The Balaban J connectivity index is 1.54. The van der Waals surface area contributed by atoms with Crippen molar-refractivity contribution in [2.24, 2.45) is 11.8 Å². The highest BCUT2D eigenvalue weighted by atomic mass is 16.6. The molecule has 2 aromatic carbocycles. The first-order chi connectivity index (χ1) is 16.2.